The summed E-state index contributed by atoms with van der Waals surface area (Å²) in [7, 11) is 2.98. The van der Waals surface area contributed by atoms with Crippen LogP contribution in [0.4, 0.5) is 0 Å². The quantitative estimate of drug-likeness (QED) is 0.892. The van der Waals surface area contributed by atoms with E-state index < -0.39 is 0 Å². The first-order valence-corrected chi connectivity index (χ1v) is 6.57. The van der Waals surface area contributed by atoms with E-state index in [0.717, 1.165) is 0 Å². The molecule has 0 unspecified atom stereocenters. The van der Waals surface area contributed by atoms with Gasteiger partial charge in [-0.2, -0.15) is 0 Å². The number of rotatable bonds is 3. The van der Waals surface area contributed by atoms with Gasteiger partial charge in [0.15, 0.2) is 0 Å². The summed E-state index contributed by atoms with van der Waals surface area (Å²) in [6.07, 6.45) is 0. The lowest BCUT2D eigenvalue weighted by molar-refractivity contribution is 0.280. The molecule has 0 heterocycles. The molecule has 0 saturated carbocycles. The van der Waals surface area contributed by atoms with E-state index in [1.165, 1.54) is 20.3 Å². The van der Waals surface area contributed by atoms with E-state index in [-0.39, 0.29) is 12.4 Å². The average Bonchev–Trinajstić information content (AvgIpc) is 2.41. The summed E-state index contributed by atoms with van der Waals surface area (Å²) >= 11 is 9.51. The van der Waals surface area contributed by atoms with Gasteiger partial charge >= 0.3 is 0 Å². The molecule has 2 rings (SSSR count). The molecular weight excluding hydrogens is 335 g/mol. The molecule has 4 nitrogen and oxygen atoms in total. The molecule has 0 amide bonds. The third-order valence-corrected chi connectivity index (χ3v) is 4.05. The fourth-order valence-electron chi connectivity index (χ4n) is 2.01. The Morgan fingerprint density at radius 1 is 1.21 bits per heavy atom. The van der Waals surface area contributed by atoms with Crippen molar-refractivity contribution in [1.82, 2.24) is 0 Å². The van der Waals surface area contributed by atoms with E-state index >= 15 is 0 Å². The Bertz CT molecular complexity index is 643. The standard InChI is InChI=1S/C13H12BrClO4/c1-18-9-4-7(15)13(19-2)10-8(17)3-6(5-16)12(14)11(9)10/h3-4,16-17H,5H2,1-2H3. The zero-order valence-corrected chi connectivity index (χ0v) is 12.7. The number of hydrogen-bond donors (Lipinski definition) is 2. The zero-order chi connectivity index (χ0) is 14.2. The Kier molecular flexibility index (Phi) is 4.08. The highest BCUT2D eigenvalue weighted by molar-refractivity contribution is 9.10. The van der Waals surface area contributed by atoms with Crippen LogP contribution in [0.5, 0.6) is 17.2 Å². The van der Waals surface area contributed by atoms with Gasteiger partial charge in [-0.25, -0.2) is 0 Å². The lowest BCUT2D eigenvalue weighted by atomic mass is 10.0. The van der Waals surface area contributed by atoms with Gasteiger partial charge < -0.3 is 19.7 Å². The van der Waals surface area contributed by atoms with Crippen LogP contribution in [-0.4, -0.2) is 24.4 Å². The zero-order valence-electron chi connectivity index (χ0n) is 10.3. The predicted molar refractivity (Wildman–Crippen MR) is 77.3 cm³/mol. The molecule has 0 aliphatic carbocycles. The molecule has 0 aliphatic heterocycles. The Morgan fingerprint density at radius 3 is 2.42 bits per heavy atom. The number of fused-ring (bicyclic) bond motifs is 1. The van der Waals surface area contributed by atoms with Gasteiger partial charge in [0.25, 0.3) is 0 Å². The second-order valence-corrected chi connectivity index (χ2v) is 5.07. The maximum Gasteiger partial charge on any atom is 0.149 e. The van der Waals surface area contributed by atoms with Crippen molar-refractivity contribution in [3.63, 3.8) is 0 Å². The monoisotopic (exact) mass is 346 g/mol. The first-order chi connectivity index (χ1) is 9.04. The van der Waals surface area contributed by atoms with Gasteiger partial charge in [-0.3, -0.25) is 0 Å². The van der Waals surface area contributed by atoms with Crippen molar-refractivity contribution in [1.29, 1.82) is 0 Å². The molecule has 0 radical (unpaired) electrons. The number of ether oxygens (including phenoxy) is 2. The predicted octanol–water partition coefficient (Wildman–Crippen LogP) is 3.47. The van der Waals surface area contributed by atoms with Gasteiger partial charge in [-0.15, -0.1) is 0 Å². The second kappa shape index (κ2) is 5.45. The van der Waals surface area contributed by atoms with Crippen LogP contribution in [0.2, 0.25) is 5.02 Å². The Balaban J connectivity index is 3.03. The molecule has 0 saturated heterocycles. The maximum absolute atomic E-state index is 10.1. The van der Waals surface area contributed by atoms with Crippen LogP contribution in [0.1, 0.15) is 5.56 Å². The van der Waals surface area contributed by atoms with Gasteiger partial charge in [0.05, 0.1) is 31.2 Å². The SMILES string of the molecule is COc1cc(Cl)c(OC)c2c(O)cc(CO)c(Br)c12. The lowest BCUT2D eigenvalue weighted by Gasteiger charge is -2.16. The molecule has 0 aromatic heterocycles. The van der Waals surface area contributed by atoms with E-state index in [2.05, 4.69) is 15.9 Å². The maximum atomic E-state index is 10.1. The summed E-state index contributed by atoms with van der Waals surface area (Å²) in [5.74, 6) is 0.818. The molecule has 0 spiro atoms. The van der Waals surface area contributed by atoms with E-state index in [1.54, 1.807) is 6.07 Å². The molecule has 2 aromatic carbocycles. The minimum atomic E-state index is -0.210. The van der Waals surface area contributed by atoms with Crippen LogP contribution in [0.3, 0.4) is 0 Å². The molecule has 2 aromatic rings. The second-order valence-electron chi connectivity index (χ2n) is 3.87. The average molecular weight is 348 g/mol. The summed E-state index contributed by atoms with van der Waals surface area (Å²) in [4.78, 5) is 0. The van der Waals surface area contributed by atoms with Crippen molar-refractivity contribution >= 4 is 38.3 Å². The molecule has 0 atom stereocenters. The number of benzene rings is 2. The highest BCUT2D eigenvalue weighted by atomic mass is 79.9. The summed E-state index contributed by atoms with van der Waals surface area (Å²) in [5, 5.41) is 20.8. The summed E-state index contributed by atoms with van der Waals surface area (Å²) in [6, 6.07) is 3.07. The van der Waals surface area contributed by atoms with Crippen molar-refractivity contribution in [2.24, 2.45) is 0 Å². The van der Waals surface area contributed by atoms with Crippen molar-refractivity contribution in [3.05, 3.63) is 27.2 Å². The highest BCUT2D eigenvalue weighted by Crippen LogP contribution is 2.47. The molecule has 0 bridgehead atoms. The van der Waals surface area contributed by atoms with Crippen LogP contribution < -0.4 is 9.47 Å². The topological polar surface area (TPSA) is 58.9 Å². The van der Waals surface area contributed by atoms with Crippen molar-refractivity contribution in [3.8, 4) is 17.2 Å². The number of phenolic OH excluding ortho intramolecular Hbond substituents is 1. The Labute approximate surface area is 123 Å². The van der Waals surface area contributed by atoms with Gasteiger partial charge in [0.1, 0.15) is 17.2 Å². The highest BCUT2D eigenvalue weighted by Gasteiger charge is 2.20. The van der Waals surface area contributed by atoms with E-state index in [9.17, 15) is 10.2 Å². The molecule has 102 valence electrons. The van der Waals surface area contributed by atoms with Crippen LogP contribution in [-0.2, 0) is 6.61 Å². The van der Waals surface area contributed by atoms with E-state index in [0.29, 0.717) is 37.3 Å². The smallest absolute Gasteiger partial charge is 0.149 e. The number of aliphatic hydroxyl groups excluding tert-OH is 1. The van der Waals surface area contributed by atoms with Gasteiger partial charge in [-0.05, 0) is 27.6 Å². The largest absolute Gasteiger partial charge is 0.507 e. The molecule has 0 aliphatic rings. The van der Waals surface area contributed by atoms with Crippen molar-refractivity contribution < 1.29 is 19.7 Å². The van der Waals surface area contributed by atoms with Gasteiger partial charge in [0, 0.05) is 15.9 Å². The van der Waals surface area contributed by atoms with Gasteiger partial charge in [0.2, 0.25) is 0 Å². The fraction of sp³-hybridized carbons (Fsp3) is 0.231. The van der Waals surface area contributed by atoms with Crippen LogP contribution >= 0.6 is 27.5 Å². The van der Waals surface area contributed by atoms with Crippen LogP contribution in [0.15, 0.2) is 16.6 Å². The lowest BCUT2D eigenvalue weighted by Crippen LogP contribution is -1.95. The van der Waals surface area contributed by atoms with Crippen molar-refractivity contribution in [2.45, 2.75) is 6.61 Å². The van der Waals surface area contributed by atoms with E-state index in [1.807, 2.05) is 0 Å². The Hall–Kier alpha value is -1.17. The molecule has 2 N–H and O–H groups in total. The van der Waals surface area contributed by atoms with Crippen LogP contribution in [0.25, 0.3) is 10.8 Å². The molecule has 19 heavy (non-hydrogen) atoms. The summed E-state index contributed by atoms with van der Waals surface area (Å²) in [5.41, 5.74) is 0.549. The number of phenols is 1. The van der Waals surface area contributed by atoms with E-state index in [4.69, 9.17) is 21.1 Å². The minimum Gasteiger partial charge on any atom is -0.507 e. The Morgan fingerprint density at radius 2 is 1.89 bits per heavy atom. The number of aliphatic hydroxyl groups is 1. The first-order valence-electron chi connectivity index (χ1n) is 5.40. The number of methoxy groups -OCH3 is 2. The summed E-state index contributed by atoms with van der Waals surface area (Å²) < 4.78 is 11.2. The number of halogens is 2. The minimum absolute atomic E-state index is 0.0279. The molecule has 0 fully saturated rings. The van der Waals surface area contributed by atoms with Crippen molar-refractivity contribution in [2.75, 3.05) is 14.2 Å². The van der Waals surface area contributed by atoms with Crippen LogP contribution in [0, 0.1) is 0 Å². The number of hydrogen-bond acceptors (Lipinski definition) is 4. The first kappa shape index (κ1) is 14.2. The number of aromatic hydroxyl groups is 1. The third kappa shape index (κ3) is 2.22. The fourth-order valence-corrected chi connectivity index (χ4v) is 2.91. The normalized spacial score (nSPS) is 10.8. The molecule has 6 heteroatoms. The summed E-state index contributed by atoms with van der Waals surface area (Å²) in [6.45, 7) is -0.210. The third-order valence-electron chi connectivity index (χ3n) is 2.86. The molecular formula is C13H12BrClO4. The van der Waals surface area contributed by atoms with Gasteiger partial charge in [-0.1, -0.05) is 11.6 Å².